The lowest BCUT2D eigenvalue weighted by Gasteiger charge is -2.18. The largest absolute Gasteiger partial charge is 0.484 e. The van der Waals surface area contributed by atoms with Gasteiger partial charge in [-0.2, -0.15) is 0 Å². The summed E-state index contributed by atoms with van der Waals surface area (Å²) in [6.07, 6.45) is 0.738. The number of carbonyl (C=O) groups is 1. The van der Waals surface area contributed by atoms with Gasteiger partial charge in [-0.15, -0.1) is 0 Å². The summed E-state index contributed by atoms with van der Waals surface area (Å²) >= 11 is 0. The standard InChI is InChI=1S/C22H26N2O3/c1-14(2)11-19(22-24-18-7-5-6-8-20(18)27-22)23-21(25)13-26-17-10-9-15(3)16(4)12-17/h5-10,12,14,19H,11,13H2,1-4H3,(H,23,25)/t19-/m1/s1. The molecule has 3 aromatic rings. The maximum absolute atomic E-state index is 12.4. The molecule has 27 heavy (non-hydrogen) atoms. The fourth-order valence-electron chi connectivity index (χ4n) is 2.92. The van der Waals surface area contributed by atoms with Crippen LogP contribution in [-0.2, 0) is 4.79 Å². The van der Waals surface area contributed by atoms with Gasteiger partial charge in [0.05, 0.1) is 0 Å². The Hall–Kier alpha value is -2.82. The molecule has 0 saturated carbocycles. The lowest BCUT2D eigenvalue weighted by atomic mass is 10.0. The van der Waals surface area contributed by atoms with E-state index >= 15 is 0 Å². The Morgan fingerprint density at radius 2 is 1.93 bits per heavy atom. The monoisotopic (exact) mass is 366 g/mol. The number of nitrogens with zero attached hydrogens (tertiary/aromatic N) is 1. The Bertz CT molecular complexity index is 897. The highest BCUT2D eigenvalue weighted by Gasteiger charge is 2.22. The zero-order valence-corrected chi connectivity index (χ0v) is 16.3. The van der Waals surface area contributed by atoms with Crippen molar-refractivity contribution in [3.05, 3.63) is 59.5 Å². The molecule has 0 fully saturated rings. The van der Waals surface area contributed by atoms with Gasteiger partial charge in [-0.3, -0.25) is 4.79 Å². The van der Waals surface area contributed by atoms with Crippen LogP contribution in [-0.4, -0.2) is 17.5 Å². The number of hydrogen-bond donors (Lipinski definition) is 1. The fraction of sp³-hybridized carbons (Fsp3) is 0.364. The maximum atomic E-state index is 12.4. The number of benzene rings is 2. The van der Waals surface area contributed by atoms with Gasteiger partial charge in [-0.1, -0.05) is 32.0 Å². The highest BCUT2D eigenvalue weighted by molar-refractivity contribution is 5.78. The van der Waals surface area contributed by atoms with Crippen LogP contribution in [0.25, 0.3) is 11.1 Å². The van der Waals surface area contributed by atoms with Crippen molar-refractivity contribution in [2.45, 2.75) is 40.2 Å². The van der Waals surface area contributed by atoms with Crippen molar-refractivity contribution in [3.8, 4) is 5.75 Å². The lowest BCUT2D eigenvalue weighted by molar-refractivity contribution is -0.124. The van der Waals surface area contributed by atoms with Crippen molar-refractivity contribution in [3.63, 3.8) is 0 Å². The first kappa shape index (κ1) is 19.0. The summed E-state index contributed by atoms with van der Waals surface area (Å²) in [5.41, 5.74) is 3.85. The van der Waals surface area contributed by atoms with Gasteiger partial charge in [0.25, 0.3) is 5.91 Å². The molecule has 0 aliphatic heterocycles. The Kier molecular flexibility index (Phi) is 5.79. The van der Waals surface area contributed by atoms with E-state index in [1.807, 2.05) is 56.3 Å². The first-order valence-electron chi connectivity index (χ1n) is 9.27. The summed E-state index contributed by atoms with van der Waals surface area (Å²) in [5, 5.41) is 3.00. The van der Waals surface area contributed by atoms with Gasteiger partial charge in [-0.05, 0) is 61.6 Å². The van der Waals surface area contributed by atoms with Crippen LogP contribution >= 0.6 is 0 Å². The average molecular weight is 366 g/mol. The number of carbonyl (C=O) groups excluding carboxylic acids is 1. The van der Waals surface area contributed by atoms with Gasteiger partial charge < -0.3 is 14.5 Å². The van der Waals surface area contributed by atoms with Crippen molar-refractivity contribution >= 4 is 17.0 Å². The van der Waals surface area contributed by atoms with Crippen LogP contribution in [0.1, 0.15) is 43.3 Å². The van der Waals surface area contributed by atoms with Crippen LogP contribution in [0.2, 0.25) is 0 Å². The smallest absolute Gasteiger partial charge is 0.258 e. The molecule has 1 N–H and O–H groups in total. The molecular weight excluding hydrogens is 340 g/mol. The van der Waals surface area contributed by atoms with Crippen molar-refractivity contribution < 1.29 is 13.9 Å². The van der Waals surface area contributed by atoms with Crippen LogP contribution in [0.3, 0.4) is 0 Å². The number of para-hydroxylation sites is 2. The van der Waals surface area contributed by atoms with E-state index in [-0.39, 0.29) is 18.6 Å². The molecule has 1 aromatic heterocycles. The predicted octanol–water partition coefficient (Wildman–Crippen LogP) is 4.73. The topological polar surface area (TPSA) is 64.4 Å². The number of fused-ring (bicyclic) bond motifs is 1. The van der Waals surface area contributed by atoms with Crippen LogP contribution in [0.15, 0.2) is 46.9 Å². The summed E-state index contributed by atoms with van der Waals surface area (Å²) in [6.45, 7) is 8.23. The molecule has 0 saturated heterocycles. The molecule has 0 spiro atoms. The molecule has 1 amide bonds. The predicted molar refractivity (Wildman–Crippen MR) is 106 cm³/mol. The minimum Gasteiger partial charge on any atom is -0.484 e. The Morgan fingerprint density at radius 3 is 2.63 bits per heavy atom. The summed E-state index contributed by atoms with van der Waals surface area (Å²) in [6, 6.07) is 13.1. The number of aromatic nitrogens is 1. The second kappa shape index (κ2) is 8.25. The number of nitrogens with one attached hydrogen (secondary N) is 1. The molecule has 0 radical (unpaired) electrons. The molecule has 142 valence electrons. The van der Waals surface area contributed by atoms with Gasteiger partial charge in [0.2, 0.25) is 5.89 Å². The summed E-state index contributed by atoms with van der Waals surface area (Å²) in [7, 11) is 0. The molecule has 5 heteroatoms. The second-order valence-corrected chi connectivity index (χ2v) is 7.30. The van der Waals surface area contributed by atoms with Crippen molar-refractivity contribution in [1.82, 2.24) is 10.3 Å². The number of hydrogen-bond acceptors (Lipinski definition) is 4. The first-order chi connectivity index (χ1) is 12.9. The van der Waals surface area contributed by atoms with Gasteiger partial charge in [-0.25, -0.2) is 4.98 Å². The Morgan fingerprint density at radius 1 is 1.15 bits per heavy atom. The van der Waals surface area contributed by atoms with E-state index < -0.39 is 0 Å². The molecule has 3 rings (SSSR count). The quantitative estimate of drug-likeness (QED) is 0.657. The third kappa shape index (κ3) is 4.88. The van der Waals surface area contributed by atoms with E-state index in [4.69, 9.17) is 9.15 Å². The summed E-state index contributed by atoms with van der Waals surface area (Å²) in [5.74, 6) is 1.41. The molecule has 5 nitrogen and oxygen atoms in total. The number of rotatable bonds is 7. The van der Waals surface area contributed by atoms with Gasteiger partial charge in [0.1, 0.15) is 17.3 Å². The van der Waals surface area contributed by atoms with Gasteiger partial charge in [0.15, 0.2) is 12.2 Å². The molecular formula is C22H26N2O3. The minimum absolute atomic E-state index is 0.0443. The molecule has 0 aliphatic carbocycles. The summed E-state index contributed by atoms with van der Waals surface area (Å²) < 4.78 is 11.5. The average Bonchev–Trinajstić information content (AvgIpc) is 3.06. The molecule has 0 bridgehead atoms. The third-order valence-corrected chi connectivity index (χ3v) is 4.50. The van der Waals surface area contributed by atoms with Crippen molar-refractivity contribution in [1.29, 1.82) is 0 Å². The Labute approximate surface area is 159 Å². The molecule has 1 atom stereocenters. The normalized spacial score (nSPS) is 12.3. The van der Waals surface area contributed by atoms with E-state index in [0.29, 0.717) is 17.6 Å². The fourth-order valence-corrected chi connectivity index (χ4v) is 2.92. The van der Waals surface area contributed by atoms with E-state index in [1.54, 1.807) is 0 Å². The van der Waals surface area contributed by atoms with Crippen LogP contribution < -0.4 is 10.1 Å². The van der Waals surface area contributed by atoms with Crippen LogP contribution in [0.5, 0.6) is 5.75 Å². The highest BCUT2D eigenvalue weighted by atomic mass is 16.5. The zero-order valence-electron chi connectivity index (χ0n) is 16.3. The lowest BCUT2D eigenvalue weighted by Crippen LogP contribution is -2.33. The summed E-state index contributed by atoms with van der Waals surface area (Å²) in [4.78, 5) is 17.0. The molecule has 2 aromatic carbocycles. The number of amides is 1. The molecule has 0 aliphatic rings. The maximum Gasteiger partial charge on any atom is 0.258 e. The van der Waals surface area contributed by atoms with Crippen LogP contribution in [0.4, 0.5) is 0 Å². The van der Waals surface area contributed by atoms with E-state index in [1.165, 1.54) is 5.56 Å². The first-order valence-corrected chi connectivity index (χ1v) is 9.27. The van der Waals surface area contributed by atoms with Crippen molar-refractivity contribution in [2.24, 2.45) is 5.92 Å². The highest BCUT2D eigenvalue weighted by Crippen LogP contribution is 2.25. The number of ether oxygens (including phenoxy) is 1. The minimum atomic E-state index is -0.284. The third-order valence-electron chi connectivity index (χ3n) is 4.50. The molecule has 1 heterocycles. The number of oxazole rings is 1. The zero-order chi connectivity index (χ0) is 19.4. The number of aryl methyl sites for hydroxylation is 2. The second-order valence-electron chi connectivity index (χ2n) is 7.30. The Balaban J connectivity index is 1.68. The molecule has 0 unspecified atom stereocenters. The van der Waals surface area contributed by atoms with Gasteiger partial charge >= 0.3 is 0 Å². The van der Waals surface area contributed by atoms with E-state index in [0.717, 1.165) is 23.1 Å². The van der Waals surface area contributed by atoms with E-state index in [9.17, 15) is 4.79 Å². The van der Waals surface area contributed by atoms with Crippen molar-refractivity contribution in [2.75, 3.05) is 6.61 Å². The van der Waals surface area contributed by atoms with Crippen LogP contribution in [0, 0.1) is 19.8 Å². The van der Waals surface area contributed by atoms with E-state index in [2.05, 4.69) is 24.1 Å². The van der Waals surface area contributed by atoms with Gasteiger partial charge in [0, 0.05) is 0 Å². The SMILES string of the molecule is Cc1ccc(OCC(=O)N[C@H](CC(C)C)c2nc3ccccc3o2)cc1C.